The van der Waals surface area contributed by atoms with E-state index >= 15 is 0 Å². The number of aliphatic imine (C=N–C) groups is 1. The highest BCUT2D eigenvalue weighted by Gasteiger charge is 2.29. The van der Waals surface area contributed by atoms with Gasteiger partial charge in [0.2, 0.25) is 10.0 Å². The van der Waals surface area contributed by atoms with Crippen LogP contribution in [0.2, 0.25) is 0 Å². The molecule has 2 saturated heterocycles. The summed E-state index contributed by atoms with van der Waals surface area (Å²) >= 11 is 2.04. The van der Waals surface area contributed by atoms with Crippen LogP contribution >= 0.6 is 35.7 Å². The van der Waals surface area contributed by atoms with Gasteiger partial charge < -0.3 is 10.6 Å². The lowest BCUT2D eigenvalue weighted by Gasteiger charge is -2.31. The number of nitrogens with zero attached hydrogens (tertiary/aromatic N) is 2. The number of rotatable bonds is 5. The van der Waals surface area contributed by atoms with Gasteiger partial charge in [0.1, 0.15) is 0 Å². The molecule has 2 aliphatic heterocycles. The SMILES string of the molecule is CN=C(NCC1CCN(S(C)(=O)=O)CC1)NCC1(C)CCCS1.I. The fourth-order valence-electron chi connectivity index (χ4n) is 3.15. The van der Waals surface area contributed by atoms with Gasteiger partial charge in [0.05, 0.1) is 6.26 Å². The van der Waals surface area contributed by atoms with Crippen LogP contribution in [-0.2, 0) is 10.0 Å². The van der Waals surface area contributed by atoms with E-state index in [1.54, 1.807) is 11.4 Å². The molecule has 2 aliphatic rings. The third kappa shape index (κ3) is 6.87. The minimum atomic E-state index is -3.04. The van der Waals surface area contributed by atoms with Crippen molar-refractivity contribution >= 4 is 51.7 Å². The van der Waals surface area contributed by atoms with Crippen LogP contribution in [0, 0.1) is 5.92 Å². The van der Waals surface area contributed by atoms with Crippen LogP contribution < -0.4 is 10.6 Å². The van der Waals surface area contributed by atoms with Gasteiger partial charge in [0.15, 0.2) is 5.96 Å². The maximum atomic E-state index is 11.5. The summed E-state index contributed by atoms with van der Waals surface area (Å²) in [4.78, 5) is 4.30. The Bertz CT molecular complexity index is 514. The Morgan fingerprint density at radius 3 is 2.50 bits per heavy atom. The molecule has 24 heavy (non-hydrogen) atoms. The lowest BCUT2D eigenvalue weighted by molar-refractivity contribution is 0.275. The monoisotopic (exact) mass is 490 g/mol. The minimum Gasteiger partial charge on any atom is -0.356 e. The van der Waals surface area contributed by atoms with Crippen molar-refractivity contribution in [3.63, 3.8) is 0 Å². The summed E-state index contributed by atoms with van der Waals surface area (Å²) in [6, 6.07) is 0. The van der Waals surface area contributed by atoms with Crippen molar-refractivity contribution in [1.29, 1.82) is 0 Å². The molecule has 2 N–H and O–H groups in total. The molecule has 1 unspecified atom stereocenters. The van der Waals surface area contributed by atoms with Gasteiger partial charge in [-0.05, 0) is 44.3 Å². The van der Waals surface area contributed by atoms with Gasteiger partial charge in [0, 0.05) is 38.0 Å². The maximum Gasteiger partial charge on any atom is 0.211 e. The van der Waals surface area contributed by atoms with Crippen molar-refractivity contribution < 1.29 is 8.42 Å². The van der Waals surface area contributed by atoms with E-state index in [0.29, 0.717) is 23.8 Å². The fraction of sp³-hybridized carbons (Fsp3) is 0.933. The van der Waals surface area contributed by atoms with Crippen LogP contribution in [0.5, 0.6) is 0 Å². The molecule has 0 spiro atoms. The third-order valence-corrected chi connectivity index (χ3v) is 7.60. The van der Waals surface area contributed by atoms with Crippen molar-refractivity contribution in [3.05, 3.63) is 0 Å². The second-order valence-electron chi connectivity index (χ2n) is 6.81. The number of nitrogens with one attached hydrogen (secondary N) is 2. The normalized spacial score (nSPS) is 26.9. The molecule has 0 saturated carbocycles. The highest BCUT2D eigenvalue weighted by Crippen LogP contribution is 2.36. The number of guanidine groups is 1. The largest absolute Gasteiger partial charge is 0.356 e. The highest BCUT2D eigenvalue weighted by atomic mass is 127. The number of sulfonamides is 1. The molecule has 9 heteroatoms. The number of piperidine rings is 1. The summed E-state index contributed by atoms with van der Waals surface area (Å²) in [5, 5.41) is 6.83. The van der Waals surface area contributed by atoms with Crippen molar-refractivity contribution in [1.82, 2.24) is 14.9 Å². The van der Waals surface area contributed by atoms with Crippen LogP contribution in [0.25, 0.3) is 0 Å². The molecule has 0 aliphatic carbocycles. The predicted molar refractivity (Wildman–Crippen MR) is 114 cm³/mol. The minimum absolute atomic E-state index is 0. The molecule has 0 aromatic rings. The summed E-state index contributed by atoms with van der Waals surface area (Å²) in [5.41, 5.74) is 0. The van der Waals surface area contributed by atoms with Crippen molar-refractivity contribution in [2.45, 2.75) is 37.4 Å². The molecule has 2 heterocycles. The van der Waals surface area contributed by atoms with Crippen LogP contribution in [0.4, 0.5) is 0 Å². The summed E-state index contributed by atoms with van der Waals surface area (Å²) in [6.45, 7) is 5.36. The van der Waals surface area contributed by atoms with Gasteiger partial charge in [-0.1, -0.05) is 0 Å². The molecule has 2 rings (SSSR count). The number of halogens is 1. The first-order chi connectivity index (χ1) is 10.8. The maximum absolute atomic E-state index is 11.5. The third-order valence-electron chi connectivity index (χ3n) is 4.75. The molecule has 142 valence electrons. The zero-order valence-electron chi connectivity index (χ0n) is 14.9. The number of thioether (sulfide) groups is 1. The van der Waals surface area contributed by atoms with Crippen molar-refractivity contribution in [3.8, 4) is 0 Å². The second-order valence-corrected chi connectivity index (χ2v) is 10.5. The van der Waals surface area contributed by atoms with Gasteiger partial charge in [-0.15, -0.1) is 24.0 Å². The summed E-state index contributed by atoms with van der Waals surface area (Å²) in [5.74, 6) is 2.61. The zero-order chi connectivity index (χ0) is 16.9. The Labute approximate surface area is 168 Å². The van der Waals surface area contributed by atoms with Gasteiger partial charge in [-0.25, -0.2) is 12.7 Å². The van der Waals surface area contributed by atoms with Crippen LogP contribution in [-0.4, -0.2) is 68.7 Å². The lowest BCUT2D eigenvalue weighted by atomic mass is 9.98. The number of hydrogen-bond donors (Lipinski definition) is 2. The van der Waals surface area contributed by atoms with Gasteiger partial charge in [0.25, 0.3) is 0 Å². The summed E-state index contributed by atoms with van der Waals surface area (Å²) < 4.78 is 24.9. The lowest BCUT2D eigenvalue weighted by Crippen LogP contribution is -2.46. The predicted octanol–water partition coefficient (Wildman–Crippen LogP) is 1.73. The van der Waals surface area contributed by atoms with Crippen LogP contribution in [0.3, 0.4) is 0 Å². The summed E-state index contributed by atoms with van der Waals surface area (Å²) in [6.07, 6.45) is 5.66. The van der Waals surface area contributed by atoms with E-state index in [4.69, 9.17) is 0 Å². The molecule has 2 fully saturated rings. The molecule has 1 atom stereocenters. The molecule has 0 amide bonds. The van der Waals surface area contributed by atoms with E-state index in [9.17, 15) is 8.42 Å². The topological polar surface area (TPSA) is 73.8 Å². The Kier molecular flexibility index (Phi) is 9.12. The second kappa shape index (κ2) is 9.82. The highest BCUT2D eigenvalue weighted by molar-refractivity contribution is 14.0. The van der Waals surface area contributed by atoms with Crippen LogP contribution in [0.15, 0.2) is 4.99 Å². The average Bonchev–Trinajstić information content (AvgIpc) is 2.94. The van der Waals surface area contributed by atoms with Gasteiger partial charge >= 0.3 is 0 Å². The van der Waals surface area contributed by atoms with Crippen molar-refractivity contribution in [2.75, 3.05) is 45.2 Å². The first-order valence-electron chi connectivity index (χ1n) is 8.36. The summed E-state index contributed by atoms with van der Waals surface area (Å²) in [7, 11) is -1.24. The first-order valence-corrected chi connectivity index (χ1v) is 11.2. The molecule has 0 aromatic carbocycles. The first kappa shape index (κ1) is 22.3. The van der Waals surface area contributed by atoms with E-state index in [1.807, 2.05) is 11.8 Å². The molecule has 0 radical (unpaired) electrons. The smallest absolute Gasteiger partial charge is 0.211 e. The van der Waals surface area contributed by atoms with E-state index < -0.39 is 10.0 Å². The van der Waals surface area contributed by atoms with Crippen molar-refractivity contribution in [2.24, 2.45) is 10.9 Å². The molecule has 0 bridgehead atoms. The molecule has 6 nitrogen and oxygen atoms in total. The molecular weight excluding hydrogens is 459 g/mol. The van der Waals surface area contributed by atoms with E-state index in [2.05, 4.69) is 22.5 Å². The average molecular weight is 490 g/mol. The van der Waals surface area contributed by atoms with Crippen LogP contribution in [0.1, 0.15) is 32.6 Å². The Morgan fingerprint density at radius 2 is 2.00 bits per heavy atom. The van der Waals surface area contributed by atoms with E-state index in [0.717, 1.165) is 31.9 Å². The Balaban J connectivity index is 0.00000288. The van der Waals surface area contributed by atoms with E-state index in [1.165, 1.54) is 24.9 Å². The van der Waals surface area contributed by atoms with E-state index in [-0.39, 0.29) is 24.0 Å². The Hall–Kier alpha value is 0.260. The van der Waals surface area contributed by atoms with Gasteiger partial charge in [-0.3, -0.25) is 4.99 Å². The molecular formula is C15H31IN4O2S2. The Morgan fingerprint density at radius 1 is 1.33 bits per heavy atom. The fourth-order valence-corrected chi connectivity index (χ4v) is 5.27. The van der Waals surface area contributed by atoms with Gasteiger partial charge in [-0.2, -0.15) is 11.8 Å². The standard InChI is InChI=1S/C15H30N4O2S2.HI/c1-15(7-4-10-22-15)12-18-14(16-2)17-11-13-5-8-19(9-6-13)23(3,20)21;/h13H,4-12H2,1-3H3,(H2,16,17,18);1H. The quantitative estimate of drug-likeness (QED) is 0.349. The molecule has 0 aromatic heterocycles. The zero-order valence-corrected chi connectivity index (χ0v) is 18.8. The number of hydrogen-bond acceptors (Lipinski definition) is 4.